The van der Waals surface area contributed by atoms with Gasteiger partial charge in [0.1, 0.15) is 19.0 Å². The molecular formula is C27H35NO5. The quantitative estimate of drug-likeness (QED) is 0.349. The second kappa shape index (κ2) is 12.9. The Morgan fingerprint density at radius 1 is 0.758 bits per heavy atom. The Bertz CT molecular complexity index is 954. The largest absolute Gasteiger partial charge is 0.491 e. The highest BCUT2D eigenvalue weighted by molar-refractivity contribution is 5.98. The average Bonchev–Trinajstić information content (AvgIpc) is 2.82. The second-order valence-electron chi connectivity index (χ2n) is 8.27. The Hall–Kier alpha value is -2.99. The van der Waals surface area contributed by atoms with E-state index in [-0.39, 0.29) is 0 Å². The summed E-state index contributed by atoms with van der Waals surface area (Å²) < 4.78 is 23.7. The molecule has 33 heavy (non-hydrogen) atoms. The molecule has 0 aliphatic carbocycles. The second-order valence-corrected chi connectivity index (χ2v) is 8.27. The molecule has 6 heteroatoms. The first-order valence-corrected chi connectivity index (χ1v) is 11.7. The minimum atomic E-state index is 0.433. The van der Waals surface area contributed by atoms with Crippen LogP contribution in [0, 0.1) is 0 Å². The monoisotopic (exact) mass is 453 g/mol. The van der Waals surface area contributed by atoms with Crippen molar-refractivity contribution < 1.29 is 24.2 Å². The van der Waals surface area contributed by atoms with Gasteiger partial charge in [0.05, 0.1) is 25.5 Å². The van der Waals surface area contributed by atoms with Crippen LogP contribution < -0.4 is 14.2 Å². The Labute approximate surface area is 196 Å². The van der Waals surface area contributed by atoms with Gasteiger partial charge in [0.25, 0.3) is 0 Å². The van der Waals surface area contributed by atoms with Gasteiger partial charge in [-0.3, -0.25) is 0 Å². The summed E-state index contributed by atoms with van der Waals surface area (Å²) >= 11 is 0. The van der Waals surface area contributed by atoms with Crippen LogP contribution in [0.1, 0.15) is 56.2 Å². The summed E-state index contributed by atoms with van der Waals surface area (Å²) in [6.45, 7) is 10.3. The summed E-state index contributed by atoms with van der Waals surface area (Å²) in [5.41, 5.74) is 4.65. The van der Waals surface area contributed by atoms with Gasteiger partial charge >= 0.3 is 0 Å². The van der Waals surface area contributed by atoms with Crippen molar-refractivity contribution in [3.63, 3.8) is 0 Å². The number of oxime groups is 1. The van der Waals surface area contributed by atoms with E-state index >= 15 is 0 Å². The number of nitrogens with zero attached hydrogens (tertiary/aromatic N) is 1. The molecule has 0 saturated carbocycles. The van der Waals surface area contributed by atoms with Crippen LogP contribution in [0.25, 0.3) is 5.57 Å². The lowest BCUT2D eigenvalue weighted by molar-refractivity contribution is 0.0752. The fourth-order valence-electron chi connectivity index (χ4n) is 3.68. The number of rotatable bonds is 2. The van der Waals surface area contributed by atoms with Crippen LogP contribution in [-0.2, 0) is 11.2 Å². The number of ether oxygens (including phenoxy) is 4. The van der Waals surface area contributed by atoms with Gasteiger partial charge in [-0.2, -0.15) is 0 Å². The Morgan fingerprint density at radius 2 is 1.42 bits per heavy atom. The van der Waals surface area contributed by atoms with Gasteiger partial charge in [0.2, 0.25) is 0 Å². The van der Waals surface area contributed by atoms with E-state index in [0.717, 1.165) is 71.6 Å². The van der Waals surface area contributed by atoms with Gasteiger partial charge < -0.3 is 24.2 Å². The summed E-state index contributed by atoms with van der Waals surface area (Å²) in [7, 11) is 0. The molecule has 0 saturated heterocycles. The zero-order chi connectivity index (χ0) is 23.5. The lowest BCUT2D eigenvalue weighted by Crippen LogP contribution is -2.13. The third-order valence-corrected chi connectivity index (χ3v) is 5.63. The molecule has 0 amide bonds. The molecule has 0 unspecified atom stereocenters. The number of aryl methyl sites for hydroxylation is 1. The molecule has 2 aromatic carbocycles. The van der Waals surface area contributed by atoms with Gasteiger partial charge in [-0.05, 0) is 80.1 Å². The first kappa shape index (κ1) is 24.6. The maximum atomic E-state index is 9.11. The SMILES string of the molecule is C=C(C)c1ccc2c(c1)OCCCCCCc1cc(/C(C)=N\O)ccc1OCCOCCO2. The van der Waals surface area contributed by atoms with E-state index in [1.807, 2.05) is 37.3 Å². The van der Waals surface area contributed by atoms with Crippen LogP contribution in [0.2, 0.25) is 0 Å². The maximum absolute atomic E-state index is 9.11. The molecule has 0 fully saturated rings. The van der Waals surface area contributed by atoms with Crippen molar-refractivity contribution in [1.29, 1.82) is 0 Å². The molecular weight excluding hydrogens is 418 g/mol. The number of hydrogen-bond donors (Lipinski definition) is 1. The van der Waals surface area contributed by atoms with Crippen molar-refractivity contribution in [3.05, 3.63) is 59.7 Å². The number of hydrogen-bond acceptors (Lipinski definition) is 6. The zero-order valence-electron chi connectivity index (χ0n) is 19.8. The zero-order valence-corrected chi connectivity index (χ0v) is 19.8. The van der Waals surface area contributed by atoms with Crippen LogP contribution in [0.4, 0.5) is 0 Å². The number of benzene rings is 2. The van der Waals surface area contributed by atoms with Crippen LogP contribution in [-0.4, -0.2) is 44.0 Å². The normalized spacial score (nSPS) is 16.6. The van der Waals surface area contributed by atoms with Gasteiger partial charge in [-0.1, -0.05) is 36.2 Å². The molecule has 1 aliphatic heterocycles. The molecule has 2 aromatic rings. The highest BCUT2D eigenvalue weighted by Crippen LogP contribution is 2.31. The first-order chi connectivity index (χ1) is 16.1. The first-order valence-electron chi connectivity index (χ1n) is 11.7. The molecule has 1 N–H and O–H groups in total. The van der Waals surface area contributed by atoms with Crippen molar-refractivity contribution in [2.75, 3.05) is 33.0 Å². The molecule has 6 nitrogen and oxygen atoms in total. The molecule has 0 spiro atoms. The predicted molar refractivity (Wildman–Crippen MR) is 131 cm³/mol. The third-order valence-electron chi connectivity index (χ3n) is 5.63. The summed E-state index contributed by atoms with van der Waals surface area (Å²) in [5, 5.41) is 12.4. The minimum Gasteiger partial charge on any atom is -0.491 e. The van der Waals surface area contributed by atoms with E-state index in [0.29, 0.717) is 38.7 Å². The Kier molecular flexibility index (Phi) is 9.63. The van der Waals surface area contributed by atoms with E-state index in [2.05, 4.69) is 17.8 Å². The molecule has 3 rings (SSSR count). The summed E-state index contributed by atoms with van der Waals surface area (Å²) in [4.78, 5) is 0. The lowest BCUT2D eigenvalue weighted by atomic mass is 10.0. The van der Waals surface area contributed by atoms with Gasteiger partial charge in [-0.15, -0.1) is 0 Å². The van der Waals surface area contributed by atoms with Crippen molar-refractivity contribution in [1.82, 2.24) is 0 Å². The average molecular weight is 454 g/mol. The molecule has 1 heterocycles. The standard InChI is InChI=1S/C27H35NO5/c1-20(2)22-9-12-26-27(19-22)31-13-7-5-4-6-8-24-18-23(21(3)28-29)10-11-25(24)32-16-14-30-15-17-33-26/h9-12,18-19,29H,1,4-8,13-17H2,2-3H3/b28-21-. The highest BCUT2D eigenvalue weighted by Gasteiger charge is 2.10. The number of fused-ring (bicyclic) bond motifs is 2. The molecule has 0 atom stereocenters. The van der Waals surface area contributed by atoms with Crippen LogP contribution in [0.15, 0.2) is 48.1 Å². The van der Waals surface area contributed by atoms with Crippen molar-refractivity contribution >= 4 is 11.3 Å². The van der Waals surface area contributed by atoms with Crippen LogP contribution in [0.3, 0.4) is 0 Å². The minimum absolute atomic E-state index is 0.433. The fraction of sp³-hybridized carbons (Fsp3) is 0.444. The Morgan fingerprint density at radius 3 is 2.18 bits per heavy atom. The van der Waals surface area contributed by atoms with Crippen molar-refractivity contribution in [2.45, 2.75) is 46.0 Å². The van der Waals surface area contributed by atoms with Gasteiger partial charge in [-0.25, -0.2) is 0 Å². The van der Waals surface area contributed by atoms with E-state index in [1.54, 1.807) is 6.92 Å². The van der Waals surface area contributed by atoms with Crippen molar-refractivity contribution in [2.24, 2.45) is 5.16 Å². The van der Waals surface area contributed by atoms with E-state index in [9.17, 15) is 0 Å². The summed E-state index contributed by atoms with van der Waals surface area (Å²) in [6, 6.07) is 11.9. The third kappa shape index (κ3) is 7.53. The topological polar surface area (TPSA) is 69.5 Å². The summed E-state index contributed by atoms with van der Waals surface area (Å²) in [6.07, 6.45) is 5.10. The summed E-state index contributed by atoms with van der Waals surface area (Å²) in [5.74, 6) is 2.34. The van der Waals surface area contributed by atoms with Gasteiger partial charge in [0.15, 0.2) is 11.5 Å². The highest BCUT2D eigenvalue weighted by atomic mass is 16.6. The molecule has 178 valence electrons. The smallest absolute Gasteiger partial charge is 0.161 e. The Balaban J connectivity index is 1.65. The molecule has 0 radical (unpaired) electrons. The molecule has 0 bridgehead atoms. The van der Waals surface area contributed by atoms with Gasteiger partial charge in [0, 0.05) is 0 Å². The van der Waals surface area contributed by atoms with E-state index < -0.39 is 0 Å². The molecule has 1 aliphatic rings. The van der Waals surface area contributed by atoms with E-state index in [1.165, 1.54) is 0 Å². The van der Waals surface area contributed by atoms with Crippen molar-refractivity contribution in [3.8, 4) is 17.2 Å². The fourth-order valence-corrected chi connectivity index (χ4v) is 3.68. The van der Waals surface area contributed by atoms with Crippen LogP contribution in [0.5, 0.6) is 17.2 Å². The van der Waals surface area contributed by atoms with Crippen LogP contribution >= 0.6 is 0 Å². The van der Waals surface area contributed by atoms with E-state index in [4.69, 9.17) is 24.2 Å². The lowest BCUT2D eigenvalue weighted by Gasteiger charge is -2.16. The maximum Gasteiger partial charge on any atom is 0.161 e. The number of allylic oxidation sites excluding steroid dienone is 1. The predicted octanol–water partition coefficient (Wildman–Crippen LogP) is 5.89. The molecule has 0 aromatic heterocycles.